The number of benzene rings is 3. The van der Waals surface area contributed by atoms with Crippen molar-refractivity contribution in [1.29, 1.82) is 0 Å². The number of carbonyl (C=O) groups is 2. The van der Waals surface area contributed by atoms with E-state index in [1.54, 1.807) is 48.5 Å². The van der Waals surface area contributed by atoms with E-state index in [0.29, 0.717) is 16.3 Å². The highest BCUT2D eigenvalue weighted by molar-refractivity contribution is 7.80. The Morgan fingerprint density at radius 1 is 0.786 bits per heavy atom. The number of hydrogen-bond donors (Lipinski definition) is 1. The van der Waals surface area contributed by atoms with Gasteiger partial charge >= 0.3 is 0 Å². The van der Waals surface area contributed by atoms with Gasteiger partial charge in [0.2, 0.25) is 11.8 Å². The molecule has 0 saturated carbocycles. The lowest BCUT2D eigenvalue weighted by molar-refractivity contribution is -0.121. The number of anilines is 1. The minimum atomic E-state index is -3.39. The van der Waals surface area contributed by atoms with E-state index >= 15 is 0 Å². The molecular formula is C22H18NO4P. The molecule has 1 N–H and O–H groups in total. The van der Waals surface area contributed by atoms with Crippen LogP contribution in [0.25, 0.3) is 0 Å². The van der Waals surface area contributed by atoms with Crippen molar-refractivity contribution >= 4 is 35.3 Å². The van der Waals surface area contributed by atoms with Crippen molar-refractivity contribution in [2.45, 2.75) is 12.1 Å². The molecule has 28 heavy (non-hydrogen) atoms. The fraction of sp³-hybridized carbons (Fsp3) is 0.0909. The first-order valence-electron chi connectivity index (χ1n) is 8.88. The van der Waals surface area contributed by atoms with Gasteiger partial charge < -0.3 is 9.67 Å². The molecule has 1 atom stereocenters. The molecule has 1 saturated heterocycles. The van der Waals surface area contributed by atoms with Gasteiger partial charge in [-0.05, 0) is 24.3 Å². The summed E-state index contributed by atoms with van der Waals surface area (Å²) in [5, 5.41) is 10.6. The van der Waals surface area contributed by atoms with Crippen molar-refractivity contribution in [3.8, 4) is 5.75 Å². The number of phenols is 1. The third-order valence-corrected chi connectivity index (χ3v) is 8.36. The molecule has 140 valence electrons. The third kappa shape index (κ3) is 2.94. The Morgan fingerprint density at radius 2 is 1.29 bits per heavy atom. The second-order valence-corrected chi connectivity index (χ2v) is 9.60. The second-order valence-electron chi connectivity index (χ2n) is 6.63. The van der Waals surface area contributed by atoms with E-state index in [1.807, 2.05) is 12.1 Å². The number of hydrogen-bond acceptors (Lipinski definition) is 4. The first-order chi connectivity index (χ1) is 13.5. The fourth-order valence-corrected chi connectivity index (χ4v) is 6.67. The molecule has 0 spiro atoms. The summed E-state index contributed by atoms with van der Waals surface area (Å²) in [6, 6.07) is 23.6. The van der Waals surface area contributed by atoms with E-state index in [1.165, 1.54) is 24.3 Å². The Morgan fingerprint density at radius 3 is 1.79 bits per heavy atom. The number of imide groups is 1. The topological polar surface area (TPSA) is 74.7 Å². The van der Waals surface area contributed by atoms with Crippen molar-refractivity contribution in [3.05, 3.63) is 84.9 Å². The number of amides is 2. The lowest BCUT2D eigenvalue weighted by atomic mass is 10.3. The lowest BCUT2D eigenvalue weighted by Crippen LogP contribution is -2.35. The normalized spacial score (nSPS) is 17.1. The van der Waals surface area contributed by atoms with Crippen molar-refractivity contribution in [2.75, 3.05) is 4.90 Å². The van der Waals surface area contributed by atoms with Crippen LogP contribution >= 0.6 is 7.14 Å². The zero-order chi connectivity index (χ0) is 19.7. The number of carbonyl (C=O) groups excluding carboxylic acids is 2. The number of aromatic hydroxyl groups is 1. The van der Waals surface area contributed by atoms with E-state index in [0.717, 1.165) is 4.90 Å². The summed E-state index contributed by atoms with van der Waals surface area (Å²) in [5.74, 6) is -0.835. The number of phenolic OH excluding ortho intramolecular Hbond substituents is 1. The number of nitrogens with zero attached hydrogens (tertiary/aromatic N) is 1. The van der Waals surface area contributed by atoms with Gasteiger partial charge in [0.25, 0.3) is 0 Å². The molecule has 1 aliphatic rings. The maximum Gasteiger partial charge on any atom is 0.245 e. The molecule has 1 aliphatic heterocycles. The predicted octanol–water partition coefficient (Wildman–Crippen LogP) is 3.04. The van der Waals surface area contributed by atoms with Crippen molar-refractivity contribution in [3.63, 3.8) is 0 Å². The van der Waals surface area contributed by atoms with Crippen LogP contribution in [0.4, 0.5) is 5.69 Å². The highest BCUT2D eigenvalue weighted by atomic mass is 31.2. The van der Waals surface area contributed by atoms with Crippen molar-refractivity contribution in [2.24, 2.45) is 0 Å². The molecule has 1 heterocycles. The van der Waals surface area contributed by atoms with E-state index in [9.17, 15) is 19.3 Å². The predicted molar refractivity (Wildman–Crippen MR) is 109 cm³/mol. The minimum absolute atomic E-state index is 0.0404. The summed E-state index contributed by atoms with van der Waals surface area (Å²) in [6.07, 6.45) is -0.124. The van der Waals surface area contributed by atoms with E-state index in [4.69, 9.17) is 0 Å². The van der Waals surface area contributed by atoms with Gasteiger partial charge in [0.05, 0.1) is 5.69 Å². The standard InChI is InChI=1S/C22H18NO4P/c24-17-13-11-16(12-14-17)23-21(25)15-20(22(23)26)28(27,18-7-3-1-4-8-18)19-9-5-2-6-10-19/h1-14,20,24H,15H2. The first-order valence-corrected chi connectivity index (χ1v) is 10.7. The fourth-order valence-electron chi connectivity index (χ4n) is 3.58. The molecule has 1 unspecified atom stereocenters. The summed E-state index contributed by atoms with van der Waals surface area (Å²) in [7, 11) is -3.39. The molecule has 2 amide bonds. The average molecular weight is 391 g/mol. The lowest BCUT2D eigenvalue weighted by Gasteiger charge is -2.24. The maximum atomic E-state index is 14.4. The molecule has 0 aliphatic carbocycles. The van der Waals surface area contributed by atoms with Gasteiger partial charge in [0, 0.05) is 17.0 Å². The maximum absolute atomic E-state index is 14.4. The van der Waals surface area contributed by atoms with Crippen LogP contribution < -0.4 is 15.5 Å². The quantitative estimate of drug-likeness (QED) is 0.548. The van der Waals surface area contributed by atoms with Crippen LogP contribution in [0.1, 0.15) is 6.42 Å². The Hall–Kier alpha value is -3.17. The molecule has 1 fully saturated rings. The van der Waals surface area contributed by atoms with Crippen LogP contribution in [0, 0.1) is 0 Å². The van der Waals surface area contributed by atoms with Gasteiger partial charge in [-0.25, -0.2) is 4.90 Å². The second kappa shape index (κ2) is 7.10. The summed E-state index contributed by atoms with van der Waals surface area (Å²) in [6.45, 7) is 0. The van der Waals surface area contributed by atoms with Crippen LogP contribution in [-0.4, -0.2) is 22.6 Å². The van der Waals surface area contributed by atoms with Crippen molar-refractivity contribution in [1.82, 2.24) is 0 Å². The van der Waals surface area contributed by atoms with Crippen LogP contribution in [-0.2, 0) is 14.2 Å². The molecule has 0 radical (unpaired) electrons. The highest BCUT2D eigenvalue weighted by Crippen LogP contribution is 2.53. The SMILES string of the molecule is O=C1CC(P(=O)(c2ccccc2)c2ccccc2)C(=O)N1c1ccc(O)cc1. The van der Waals surface area contributed by atoms with Crippen LogP contribution in [0.2, 0.25) is 0 Å². The zero-order valence-electron chi connectivity index (χ0n) is 14.9. The smallest absolute Gasteiger partial charge is 0.245 e. The van der Waals surface area contributed by atoms with Gasteiger partial charge in [-0.1, -0.05) is 60.7 Å². The van der Waals surface area contributed by atoms with Gasteiger partial charge in [-0.15, -0.1) is 0 Å². The monoisotopic (exact) mass is 391 g/mol. The Bertz CT molecular complexity index is 1020. The van der Waals surface area contributed by atoms with Crippen LogP contribution in [0.5, 0.6) is 5.75 Å². The minimum Gasteiger partial charge on any atom is -0.508 e. The molecule has 3 aromatic rings. The molecular weight excluding hydrogens is 373 g/mol. The van der Waals surface area contributed by atoms with E-state index < -0.39 is 24.6 Å². The van der Waals surface area contributed by atoms with Gasteiger partial charge in [-0.3, -0.25) is 9.59 Å². The Balaban J connectivity index is 1.82. The summed E-state index contributed by atoms with van der Waals surface area (Å²) >= 11 is 0. The van der Waals surface area contributed by atoms with Gasteiger partial charge in [-0.2, -0.15) is 0 Å². The Labute approximate surface area is 162 Å². The molecule has 0 aromatic heterocycles. The van der Waals surface area contributed by atoms with E-state index in [2.05, 4.69) is 0 Å². The molecule has 5 nitrogen and oxygen atoms in total. The van der Waals surface area contributed by atoms with Crippen molar-refractivity contribution < 1.29 is 19.3 Å². The van der Waals surface area contributed by atoms with E-state index in [-0.39, 0.29) is 12.2 Å². The van der Waals surface area contributed by atoms with Crippen LogP contribution in [0.15, 0.2) is 84.9 Å². The zero-order valence-corrected chi connectivity index (χ0v) is 15.8. The molecule has 0 bridgehead atoms. The van der Waals surface area contributed by atoms with Gasteiger partial charge in [0.15, 0.2) is 7.14 Å². The Kier molecular flexibility index (Phi) is 4.62. The summed E-state index contributed by atoms with van der Waals surface area (Å²) in [5.41, 5.74) is -0.596. The molecule has 6 heteroatoms. The third-order valence-electron chi connectivity index (χ3n) is 4.95. The first kappa shape index (κ1) is 18.2. The highest BCUT2D eigenvalue weighted by Gasteiger charge is 2.50. The average Bonchev–Trinajstić information content (AvgIpc) is 3.04. The molecule has 3 aromatic carbocycles. The summed E-state index contributed by atoms with van der Waals surface area (Å²) < 4.78 is 14.4. The summed E-state index contributed by atoms with van der Waals surface area (Å²) in [4.78, 5) is 27.0. The molecule has 4 rings (SSSR count). The van der Waals surface area contributed by atoms with Crippen LogP contribution in [0.3, 0.4) is 0 Å². The van der Waals surface area contributed by atoms with Gasteiger partial charge in [0.1, 0.15) is 11.4 Å². The largest absolute Gasteiger partial charge is 0.508 e. The number of rotatable bonds is 4.